The maximum absolute atomic E-state index is 12.4. The number of anilines is 2. The van der Waals surface area contributed by atoms with Gasteiger partial charge in [-0.2, -0.15) is 0 Å². The summed E-state index contributed by atoms with van der Waals surface area (Å²) in [4.78, 5) is 24.6. The Morgan fingerprint density at radius 3 is 2.20 bits per heavy atom. The van der Waals surface area contributed by atoms with Crippen LogP contribution in [-0.4, -0.2) is 11.8 Å². The molecule has 2 N–H and O–H groups in total. The van der Waals surface area contributed by atoms with Crippen molar-refractivity contribution < 1.29 is 9.59 Å². The first-order valence-corrected chi connectivity index (χ1v) is 8.83. The van der Waals surface area contributed by atoms with Crippen molar-refractivity contribution in [2.45, 2.75) is 33.1 Å². The van der Waals surface area contributed by atoms with Crippen LogP contribution in [0.4, 0.5) is 11.4 Å². The zero-order chi connectivity index (χ0) is 18.2. The number of amides is 2. The van der Waals surface area contributed by atoms with Crippen LogP contribution in [0.15, 0.2) is 48.5 Å². The lowest BCUT2D eigenvalue weighted by Gasteiger charge is -2.14. The van der Waals surface area contributed by atoms with Crippen LogP contribution >= 0.6 is 11.6 Å². The van der Waals surface area contributed by atoms with Gasteiger partial charge in [-0.25, -0.2) is 0 Å². The Hall–Kier alpha value is -2.33. The largest absolute Gasteiger partial charge is 0.324 e. The van der Waals surface area contributed by atoms with Gasteiger partial charge in [0.15, 0.2) is 0 Å². The van der Waals surface area contributed by atoms with E-state index in [1.54, 1.807) is 36.4 Å². The van der Waals surface area contributed by atoms with Gasteiger partial charge in [-0.05, 0) is 42.3 Å². The molecule has 0 aromatic heterocycles. The number of rotatable bonds is 7. The van der Waals surface area contributed by atoms with E-state index in [4.69, 9.17) is 11.6 Å². The maximum atomic E-state index is 12.4. The molecule has 2 amide bonds. The molecule has 0 heterocycles. The van der Waals surface area contributed by atoms with Crippen LogP contribution in [0, 0.1) is 5.92 Å². The second-order valence-corrected chi connectivity index (χ2v) is 6.59. The Bertz CT molecular complexity index is 729. The third kappa shape index (κ3) is 5.91. The fourth-order valence-electron chi connectivity index (χ4n) is 2.61. The zero-order valence-corrected chi connectivity index (χ0v) is 15.3. The number of carbonyl (C=O) groups is 2. The van der Waals surface area contributed by atoms with E-state index in [1.165, 1.54) is 0 Å². The SMILES string of the molecule is CCCC(C)CC(=O)Nc1ccccc1NC(=O)c1ccc(Cl)cc1. The molecule has 0 aliphatic heterocycles. The lowest BCUT2D eigenvalue weighted by atomic mass is 10.0. The summed E-state index contributed by atoms with van der Waals surface area (Å²) in [7, 11) is 0. The molecule has 0 saturated heterocycles. The second-order valence-electron chi connectivity index (χ2n) is 6.15. The summed E-state index contributed by atoms with van der Waals surface area (Å²) in [6, 6.07) is 13.8. The molecule has 4 nitrogen and oxygen atoms in total. The average molecular weight is 359 g/mol. The van der Waals surface area contributed by atoms with Crippen molar-refractivity contribution in [1.29, 1.82) is 0 Å². The van der Waals surface area contributed by atoms with E-state index in [2.05, 4.69) is 24.5 Å². The van der Waals surface area contributed by atoms with Gasteiger partial charge in [-0.15, -0.1) is 0 Å². The van der Waals surface area contributed by atoms with Gasteiger partial charge < -0.3 is 10.6 Å². The van der Waals surface area contributed by atoms with Crippen molar-refractivity contribution in [2.75, 3.05) is 10.6 Å². The van der Waals surface area contributed by atoms with Crippen molar-refractivity contribution in [1.82, 2.24) is 0 Å². The topological polar surface area (TPSA) is 58.2 Å². The number of benzene rings is 2. The Balaban J connectivity index is 2.06. The molecule has 0 aliphatic rings. The fraction of sp³-hybridized carbons (Fsp3) is 0.300. The van der Waals surface area contributed by atoms with Gasteiger partial charge >= 0.3 is 0 Å². The molecule has 1 atom stereocenters. The fourth-order valence-corrected chi connectivity index (χ4v) is 2.74. The lowest BCUT2D eigenvalue weighted by Crippen LogP contribution is -2.18. The van der Waals surface area contributed by atoms with Crippen molar-refractivity contribution in [3.8, 4) is 0 Å². The molecular formula is C20H23ClN2O2. The highest BCUT2D eigenvalue weighted by Crippen LogP contribution is 2.23. The zero-order valence-electron chi connectivity index (χ0n) is 14.5. The van der Waals surface area contributed by atoms with Gasteiger partial charge in [-0.3, -0.25) is 9.59 Å². The number of hydrogen-bond acceptors (Lipinski definition) is 2. The summed E-state index contributed by atoms with van der Waals surface area (Å²) in [6.45, 7) is 4.17. The molecule has 2 aromatic rings. The number of para-hydroxylation sites is 2. The summed E-state index contributed by atoms with van der Waals surface area (Å²) in [5.74, 6) is 0.0349. The average Bonchev–Trinajstić information content (AvgIpc) is 2.57. The van der Waals surface area contributed by atoms with Crippen LogP contribution in [0.1, 0.15) is 43.5 Å². The number of nitrogens with one attached hydrogen (secondary N) is 2. The third-order valence-corrected chi connectivity index (χ3v) is 4.12. The van der Waals surface area contributed by atoms with Gasteiger partial charge in [0.05, 0.1) is 11.4 Å². The highest BCUT2D eigenvalue weighted by molar-refractivity contribution is 6.30. The molecule has 0 aliphatic carbocycles. The van der Waals surface area contributed by atoms with Crippen LogP contribution in [0.3, 0.4) is 0 Å². The first kappa shape index (κ1) is 19.0. The van der Waals surface area contributed by atoms with E-state index >= 15 is 0 Å². The first-order chi connectivity index (χ1) is 12.0. The Morgan fingerprint density at radius 2 is 1.60 bits per heavy atom. The molecule has 0 saturated carbocycles. The van der Waals surface area contributed by atoms with E-state index in [9.17, 15) is 9.59 Å². The monoisotopic (exact) mass is 358 g/mol. The van der Waals surface area contributed by atoms with E-state index in [-0.39, 0.29) is 11.8 Å². The molecule has 2 rings (SSSR count). The predicted molar refractivity (Wildman–Crippen MR) is 103 cm³/mol. The summed E-state index contributed by atoms with van der Waals surface area (Å²) < 4.78 is 0. The Morgan fingerprint density at radius 1 is 1.00 bits per heavy atom. The smallest absolute Gasteiger partial charge is 0.255 e. The Kier molecular flexibility index (Phi) is 7.02. The van der Waals surface area contributed by atoms with Crippen LogP contribution in [-0.2, 0) is 4.79 Å². The van der Waals surface area contributed by atoms with Gasteiger partial charge in [0.1, 0.15) is 0 Å². The molecule has 0 radical (unpaired) electrons. The molecular weight excluding hydrogens is 336 g/mol. The molecule has 0 spiro atoms. The molecule has 0 fully saturated rings. The first-order valence-electron chi connectivity index (χ1n) is 8.45. The Labute approximate surface area is 153 Å². The highest BCUT2D eigenvalue weighted by Gasteiger charge is 2.13. The lowest BCUT2D eigenvalue weighted by molar-refractivity contribution is -0.117. The number of halogens is 1. The maximum Gasteiger partial charge on any atom is 0.255 e. The van der Waals surface area contributed by atoms with Gasteiger partial charge in [0.25, 0.3) is 5.91 Å². The van der Waals surface area contributed by atoms with Gasteiger partial charge in [0, 0.05) is 17.0 Å². The van der Waals surface area contributed by atoms with Gasteiger partial charge in [0.2, 0.25) is 5.91 Å². The van der Waals surface area contributed by atoms with Crippen LogP contribution in [0.25, 0.3) is 0 Å². The van der Waals surface area contributed by atoms with Crippen LogP contribution in [0.5, 0.6) is 0 Å². The third-order valence-electron chi connectivity index (χ3n) is 3.87. The number of carbonyl (C=O) groups excluding carboxylic acids is 2. The quantitative estimate of drug-likeness (QED) is 0.700. The van der Waals surface area contributed by atoms with E-state index in [1.807, 2.05) is 12.1 Å². The van der Waals surface area contributed by atoms with Crippen LogP contribution in [0.2, 0.25) is 5.02 Å². The predicted octanol–water partition coefficient (Wildman–Crippen LogP) is 5.36. The number of hydrogen-bond donors (Lipinski definition) is 2. The minimum Gasteiger partial charge on any atom is -0.324 e. The highest BCUT2D eigenvalue weighted by atomic mass is 35.5. The molecule has 132 valence electrons. The molecule has 0 bridgehead atoms. The minimum absolute atomic E-state index is 0.0471. The molecule has 2 aromatic carbocycles. The van der Waals surface area contributed by atoms with Crippen molar-refractivity contribution >= 4 is 34.8 Å². The van der Waals surface area contributed by atoms with E-state index in [0.29, 0.717) is 34.3 Å². The second kappa shape index (κ2) is 9.23. The normalized spacial score (nSPS) is 11.6. The molecule has 25 heavy (non-hydrogen) atoms. The summed E-state index contributed by atoms with van der Waals surface area (Å²) in [6.07, 6.45) is 2.54. The summed E-state index contributed by atoms with van der Waals surface area (Å²) in [5, 5.41) is 6.30. The van der Waals surface area contributed by atoms with Crippen molar-refractivity contribution in [2.24, 2.45) is 5.92 Å². The van der Waals surface area contributed by atoms with Gasteiger partial charge in [-0.1, -0.05) is 50.4 Å². The van der Waals surface area contributed by atoms with Crippen molar-refractivity contribution in [3.63, 3.8) is 0 Å². The van der Waals surface area contributed by atoms with Crippen LogP contribution < -0.4 is 10.6 Å². The summed E-state index contributed by atoms with van der Waals surface area (Å²) in [5.41, 5.74) is 1.67. The standard InChI is InChI=1S/C20H23ClN2O2/c1-3-6-14(2)13-19(24)22-17-7-4-5-8-18(17)23-20(25)15-9-11-16(21)12-10-15/h4-5,7-12,14H,3,6,13H2,1-2H3,(H,22,24)(H,23,25). The summed E-state index contributed by atoms with van der Waals surface area (Å²) >= 11 is 5.84. The van der Waals surface area contributed by atoms with Crippen molar-refractivity contribution in [3.05, 3.63) is 59.1 Å². The molecule has 5 heteroatoms. The van der Waals surface area contributed by atoms with E-state index < -0.39 is 0 Å². The minimum atomic E-state index is -0.252. The molecule has 1 unspecified atom stereocenters. The van der Waals surface area contributed by atoms with E-state index in [0.717, 1.165) is 12.8 Å².